The summed E-state index contributed by atoms with van der Waals surface area (Å²) in [7, 11) is 0. The van der Waals surface area contributed by atoms with E-state index < -0.39 is 0 Å². The second-order valence-electron chi connectivity index (χ2n) is 3.96. The maximum Gasteiger partial charge on any atom is 0.315 e. The highest BCUT2D eigenvalue weighted by molar-refractivity contribution is 9.10. The lowest BCUT2D eigenvalue weighted by molar-refractivity contribution is -0.142. The molecule has 0 bridgehead atoms. The molecule has 1 aromatic heterocycles. The van der Waals surface area contributed by atoms with Gasteiger partial charge in [-0.15, -0.1) is 0 Å². The van der Waals surface area contributed by atoms with E-state index in [9.17, 15) is 4.79 Å². The Labute approximate surface area is 119 Å². The van der Waals surface area contributed by atoms with Gasteiger partial charge >= 0.3 is 5.97 Å². The molecule has 0 aliphatic heterocycles. The molecule has 0 aliphatic carbocycles. The van der Waals surface area contributed by atoms with Crippen molar-refractivity contribution >= 4 is 21.9 Å². The van der Waals surface area contributed by atoms with Gasteiger partial charge in [0.15, 0.2) is 0 Å². The smallest absolute Gasteiger partial charge is 0.315 e. The Kier molecular flexibility index (Phi) is 4.31. The molecule has 0 aliphatic rings. The summed E-state index contributed by atoms with van der Waals surface area (Å²) in [6.07, 6.45) is -0.00608. The standard InChI is InChI=1S/C13H13BrN2O3/c1-3-18-12(17)7-11-15-13(16-19-11)9-5-4-8(2)10(14)6-9/h4-6H,3,7H2,1-2H3. The van der Waals surface area contributed by atoms with Crippen LogP contribution in [0.4, 0.5) is 0 Å². The van der Waals surface area contributed by atoms with E-state index in [1.165, 1.54) is 0 Å². The molecule has 0 atom stereocenters. The van der Waals surface area contributed by atoms with Crippen LogP contribution in [0.1, 0.15) is 18.4 Å². The number of hydrogen-bond donors (Lipinski definition) is 0. The highest BCUT2D eigenvalue weighted by Gasteiger charge is 2.13. The van der Waals surface area contributed by atoms with Crippen LogP contribution in [0.15, 0.2) is 27.2 Å². The number of aryl methyl sites for hydroxylation is 1. The minimum absolute atomic E-state index is 0.00608. The molecule has 100 valence electrons. The van der Waals surface area contributed by atoms with Gasteiger partial charge in [-0.3, -0.25) is 4.79 Å². The van der Waals surface area contributed by atoms with E-state index in [1.807, 2.05) is 25.1 Å². The van der Waals surface area contributed by atoms with Gasteiger partial charge in [-0.2, -0.15) is 4.98 Å². The summed E-state index contributed by atoms with van der Waals surface area (Å²) in [5.41, 5.74) is 1.95. The van der Waals surface area contributed by atoms with Crippen molar-refractivity contribution < 1.29 is 14.1 Å². The quantitative estimate of drug-likeness (QED) is 0.809. The molecule has 19 heavy (non-hydrogen) atoms. The number of rotatable bonds is 4. The molecular weight excluding hydrogens is 312 g/mol. The highest BCUT2D eigenvalue weighted by atomic mass is 79.9. The van der Waals surface area contributed by atoms with Gasteiger partial charge in [0.1, 0.15) is 6.42 Å². The maximum atomic E-state index is 11.3. The van der Waals surface area contributed by atoms with Crippen molar-refractivity contribution in [1.82, 2.24) is 10.1 Å². The van der Waals surface area contributed by atoms with Crippen molar-refractivity contribution in [3.8, 4) is 11.4 Å². The van der Waals surface area contributed by atoms with Gasteiger partial charge in [0, 0.05) is 10.0 Å². The minimum atomic E-state index is -0.372. The van der Waals surface area contributed by atoms with Crippen LogP contribution in [0.5, 0.6) is 0 Å². The van der Waals surface area contributed by atoms with Crippen molar-refractivity contribution in [2.45, 2.75) is 20.3 Å². The topological polar surface area (TPSA) is 65.2 Å². The Morgan fingerprint density at radius 2 is 2.26 bits per heavy atom. The second kappa shape index (κ2) is 5.97. The maximum absolute atomic E-state index is 11.3. The van der Waals surface area contributed by atoms with E-state index in [2.05, 4.69) is 26.1 Å². The molecule has 1 heterocycles. The third-order valence-corrected chi connectivity index (χ3v) is 3.35. The van der Waals surface area contributed by atoms with E-state index in [-0.39, 0.29) is 18.3 Å². The zero-order valence-corrected chi connectivity index (χ0v) is 12.2. The van der Waals surface area contributed by atoms with Crippen molar-refractivity contribution in [2.75, 3.05) is 6.61 Å². The molecule has 0 amide bonds. The predicted octanol–water partition coefficient (Wildman–Crippen LogP) is 2.91. The molecule has 6 heteroatoms. The Bertz CT molecular complexity index is 595. The number of hydrogen-bond acceptors (Lipinski definition) is 5. The lowest BCUT2D eigenvalue weighted by Crippen LogP contribution is -2.07. The van der Waals surface area contributed by atoms with E-state index in [0.29, 0.717) is 12.4 Å². The first-order chi connectivity index (χ1) is 9.10. The van der Waals surface area contributed by atoms with Crippen LogP contribution in [-0.2, 0) is 16.0 Å². The van der Waals surface area contributed by atoms with Crippen molar-refractivity contribution in [1.29, 1.82) is 0 Å². The number of esters is 1. The van der Waals surface area contributed by atoms with E-state index in [1.54, 1.807) is 6.92 Å². The molecule has 0 N–H and O–H groups in total. The molecule has 5 nitrogen and oxygen atoms in total. The van der Waals surface area contributed by atoms with Gasteiger partial charge in [-0.05, 0) is 25.5 Å². The number of benzene rings is 1. The van der Waals surface area contributed by atoms with E-state index in [4.69, 9.17) is 9.26 Å². The molecule has 0 spiro atoms. The van der Waals surface area contributed by atoms with Crippen LogP contribution in [0.3, 0.4) is 0 Å². The van der Waals surface area contributed by atoms with Crippen LogP contribution >= 0.6 is 15.9 Å². The predicted molar refractivity (Wildman–Crippen MR) is 72.5 cm³/mol. The number of carbonyl (C=O) groups is 1. The van der Waals surface area contributed by atoms with Crippen LogP contribution in [-0.4, -0.2) is 22.7 Å². The molecule has 0 unspecified atom stereocenters. The fourth-order valence-electron chi connectivity index (χ4n) is 1.51. The molecular formula is C13H13BrN2O3. The second-order valence-corrected chi connectivity index (χ2v) is 4.81. The monoisotopic (exact) mass is 324 g/mol. The van der Waals surface area contributed by atoms with E-state index in [0.717, 1.165) is 15.6 Å². The van der Waals surface area contributed by atoms with Crippen LogP contribution < -0.4 is 0 Å². The fraction of sp³-hybridized carbons (Fsp3) is 0.308. The van der Waals surface area contributed by atoms with Crippen LogP contribution in [0, 0.1) is 6.92 Å². The zero-order valence-electron chi connectivity index (χ0n) is 10.6. The summed E-state index contributed by atoms with van der Waals surface area (Å²) >= 11 is 3.45. The normalized spacial score (nSPS) is 10.5. The van der Waals surface area contributed by atoms with Gasteiger partial charge in [0.2, 0.25) is 11.7 Å². The summed E-state index contributed by atoms with van der Waals surface area (Å²) in [6.45, 7) is 4.09. The lowest BCUT2D eigenvalue weighted by Gasteiger charge is -1.99. The fourth-order valence-corrected chi connectivity index (χ4v) is 1.89. The van der Waals surface area contributed by atoms with Crippen molar-refractivity contribution in [3.05, 3.63) is 34.1 Å². The number of nitrogens with zero attached hydrogens (tertiary/aromatic N) is 2. The Morgan fingerprint density at radius 1 is 1.47 bits per heavy atom. The molecule has 1 aromatic carbocycles. The Morgan fingerprint density at radius 3 is 2.95 bits per heavy atom. The highest BCUT2D eigenvalue weighted by Crippen LogP contribution is 2.23. The summed E-state index contributed by atoms with van der Waals surface area (Å²) in [5, 5.41) is 3.86. The minimum Gasteiger partial charge on any atom is -0.466 e. The third kappa shape index (κ3) is 3.41. The van der Waals surface area contributed by atoms with Gasteiger partial charge in [0.05, 0.1) is 6.61 Å². The van der Waals surface area contributed by atoms with Crippen LogP contribution in [0.25, 0.3) is 11.4 Å². The summed E-state index contributed by atoms with van der Waals surface area (Å²) in [5.74, 6) is 0.341. The summed E-state index contributed by atoms with van der Waals surface area (Å²) in [6, 6.07) is 5.77. The summed E-state index contributed by atoms with van der Waals surface area (Å²) in [4.78, 5) is 15.5. The lowest BCUT2D eigenvalue weighted by atomic mass is 10.1. The Hall–Kier alpha value is -1.69. The molecule has 0 radical (unpaired) electrons. The molecule has 0 fully saturated rings. The zero-order chi connectivity index (χ0) is 13.8. The molecule has 2 rings (SSSR count). The number of ether oxygens (including phenoxy) is 1. The van der Waals surface area contributed by atoms with Crippen molar-refractivity contribution in [2.24, 2.45) is 0 Å². The first kappa shape index (κ1) is 13.7. The van der Waals surface area contributed by atoms with Gasteiger partial charge in [-0.25, -0.2) is 0 Å². The average molecular weight is 325 g/mol. The molecule has 0 saturated heterocycles. The van der Waals surface area contributed by atoms with Crippen LogP contribution in [0.2, 0.25) is 0 Å². The van der Waals surface area contributed by atoms with E-state index >= 15 is 0 Å². The van der Waals surface area contributed by atoms with Gasteiger partial charge < -0.3 is 9.26 Å². The average Bonchev–Trinajstić information content (AvgIpc) is 2.81. The summed E-state index contributed by atoms with van der Waals surface area (Å²) < 4.78 is 10.8. The van der Waals surface area contributed by atoms with Crippen molar-refractivity contribution in [3.63, 3.8) is 0 Å². The number of carbonyl (C=O) groups excluding carboxylic acids is 1. The number of aromatic nitrogens is 2. The van der Waals surface area contributed by atoms with Gasteiger partial charge in [0.25, 0.3) is 0 Å². The first-order valence-electron chi connectivity index (χ1n) is 5.85. The van der Waals surface area contributed by atoms with Gasteiger partial charge in [-0.1, -0.05) is 33.2 Å². The molecule has 2 aromatic rings. The third-order valence-electron chi connectivity index (χ3n) is 2.50. The first-order valence-corrected chi connectivity index (χ1v) is 6.64. The molecule has 0 saturated carbocycles. The SMILES string of the molecule is CCOC(=O)Cc1nc(-c2ccc(C)c(Br)c2)no1. The number of halogens is 1. The largest absolute Gasteiger partial charge is 0.466 e. The Balaban J connectivity index is 2.16.